The van der Waals surface area contributed by atoms with Crippen molar-refractivity contribution in [3.8, 4) is 0 Å². The lowest BCUT2D eigenvalue weighted by Gasteiger charge is -2.29. The standard InChI is InChI=1S/C12H18N2O/c1-9(2)12(15)14-7-5-11-10(8-14)4-6-13(11)3/h4,6,9H,5,7-8H2,1-3H3. The van der Waals surface area contributed by atoms with Crippen molar-refractivity contribution in [2.45, 2.75) is 26.8 Å². The Morgan fingerprint density at radius 2 is 2.20 bits per heavy atom. The van der Waals surface area contributed by atoms with E-state index >= 15 is 0 Å². The molecule has 0 fully saturated rings. The zero-order valence-corrected chi connectivity index (χ0v) is 9.66. The maximum Gasteiger partial charge on any atom is 0.225 e. The molecule has 3 heteroatoms. The van der Waals surface area contributed by atoms with Crippen LogP contribution in [-0.4, -0.2) is 21.9 Å². The maximum atomic E-state index is 11.8. The third kappa shape index (κ3) is 1.78. The van der Waals surface area contributed by atoms with Crippen LogP contribution in [0.25, 0.3) is 0 Å². The van der Waals surface area contributed by atoms with Crippen LogP contribution in [0.4, 0.5) is 0 Å². The predicted molar refractivity (Wildman–Crippen MR) is 59.4 cm³/mol. The average Bonchev–Trinajstić information content (AvgIpc) is 2.59. The molecule has 0 radical (unpaired) electrons. The summed E-state index contributed by atoms with van der Waals surface area (Å²) < 4.78 is 2.16. The van der Waals surface area contributed by atoms with E-state index in [4.69, 9.17) is 0 Å². The van der Waals surface area contributed by atoms with E-state index in [2.05, 4.69) is 23.9 Å². The molecule has 0 aromatic carbocycles. The summed E-state index contributed by atoms with van der Waals surface area (Å²) in [6.45, 7) is 5.57. The Morgan fingerprint density at radius 3 is 2.87 bits per heavy atom. The first kappa shape index (κ1) is 10.3. The second-order valence-corrected chi connectivity index (χ2v) is 4.56. The van der Waals surface area contributed by atoms with Crippen LogP contribution >= 0.6 is 0 Å². The molecule has 1 aromatic rings. The quantitative estimate of drug-likeness (QED) is 0.684. The Bertz CT molecular complexity index is 379. The van der Waals surface area contributed by atoms with Crippen LogP contribution in [0.5, 0.6) is 0 Å². The van der Waals surface area contributed by atoms with Gasteiger partial charge in [0.05, 0.1) is 0 Å². The number of rotatable bonds is 1. The minimum Gasteiger partial charge on any atom is -0.354 e. The molecule has 1 aliphatic rings. The minimum atomic E-state index is 0.107. The summed E-state index contributed by atoms with van der Waals surface area (Å²) in [5, 5.41) is 0. The van der Waals surface area contributed by atoms with Gasteiger partial charge in [-0.1, -0.05) is 13.8 Å². The lowest BCUT2D eigenvalue weighted by molar-refractivity contribution is -0.135. The van der Waals surface area contributed by atoms with Gasteiger partial charge in [0.15, 0.2) is 0 Å². The molecule has 82 valence electrons. The highest BCUT2D eigenvalue weighted by Crippen LogP contribution is 2.20. The first-order chi connectivity index (χ1) is 7.09. The van der Waals surface area contributed by atoms with Gasteiger partial charge < -0.3 is 9.47 Å². The van der Waals surface area contributed by atoms with Crippen molar-refractivity contribution in [3.05, 3.63) is 23.5 Å². The lowest BCUT2D eigenvalue weighted by Crippen LogP contribution is -2.38. The van der Waals surface area contributed by atoms with Crippen LogP contribution < -0.4 is 0 Å². The van der Waals surface area contributed by atoms with Gasteiger partial charge in [0.25, 0.3) is 0 Å². The Morgan fingerprint density at radius 1 is 1.47 bits per heavy atom. The van der Waals surface area contributed by atoms with Gasteiger partial charge >= 0.3 is 0 Å². The van der Waals surface area contributed by atoms with Crippen molar-refractivity contribution in [3.63, 3.8) is 0 Å². The predicted octanol–water partition coefficient (Wildman–Crippen LogP) is 1.57. The number of aryl methyl sites for hydroxylation is 1. The first-order valence-electron chi connectivity index (χ1n) is 5.51. The number of aromatic nitrogens is 1. The Kier molecular flexibility index (Phi) is 2.55. The minimum absolute atomic E-state index is 0.107. The van der Waals surface area contributed by atoms with E-state index in [9.17, 15) is 4.79 Å². The molecule has 3 nitrogen and oxygen atoms in total. The fraction of sp³-hybridized carbons (Fsp3) is 0.583. The summed E-state index contributed by atoms with van der Waals surface area (Å²) in [6.07, 6.45) is 3.06. The number of nitrogens with zero attached hydrogens (tertiary/aromatic N) is 2. The van der Waals surface area contributed by atoms with Crippen LogP contribution in [-0.2, 0) is 24.8 Å². The molecule has 0 N–H and O–H groups in total. The van der Waals surface area contributed by atoms with Gasteiger partial charge in [-0.25, -0.2) is 0 Å². The van der Waals surface area contributed by atoms with Crippen LogP contribution in [0.1, 0.15) is 25.1 Å². The molecule has 15 heavy (non-hydrogen) atoms. The molecule has 1 aromatic heterocycles. The van der Waals surface area contributed by atoms with E-state index in [-0.39, 0.29) is 11.8 Å². The second kappa shape index (κ2) is 3.72. The number of hydrogen-bond acceptors (Lipinski definition) is 1. The van der Waals surface area contributed by atoms with E-state index in [0.29, 0.717) is 0 Å². The lowest BCUT2D eigenvalue weighted by atomic mass is 10.1. The number of hydrogen-bond donors (Lipinski definition) is 0. The van der Waals surface area contributed by atoms with Crippen molar-refractivity contribution in [2.75, 3.05) is 6.54 Å². The highest BCUT2D eigenvalue weighted by atomic mass is 16.2. The number of carbonyl (C=O) groups is 1. The van der Waals surface area contributed by atoms with Gasteiger partial charge in [-0.2, -0.15) is 0 Å². The zero-order valence-electron chi connectivity index (χ0n) is 9.66. The second-order valence-electron chi connectivity index (χ2n) is 4.56. The van der Waals surface area contributed by atoms with E-state index in [0.717, 1.165) is 19.5 Å². The van der Waals surface area contributed by atoms with Crippen LogP contribution in [0.15, 0.2) is 12.3 Å². The van der Waals surface area contributed by atoms with Crippen molar-refractivity contribution in [1.82, 2.24) is 9.47 Å². The normalized spacial score (nSPS) is 15.6. The Balaban J connectivity index is 2.16. The maximum absolute atomic E-state index is 11.8. The summed E-state index contributed by atoms with van der Waals surface area (Å²) in [5.41, 5.74) is 2.68. The molecule has 2 heterocycles. The summed E-state index contributed by atoms with van der Waals surface area (Å²) in [4.78, 5) is 13.8. The molecular weight excluding hydrogens is 188 g/mol. The molecule has 0 spiro atoms. The number of amides is 1. The van der Waals surface area contributed by atoms with Crippen LogP contribution in [0, 0.1) is 5.92 Å². The van der Waals surface area contributed by atoms with E-state index in [1.807, 2.05) is 18.7 Å². The smallest absolute Gasteiger partial charge is 0.225 e. The molecule has 0 bridgehead atoms. The highest BCUT2D eigenvalue weighted by Gasteiger charge is 2.23. The molecule has 0 aliphatic carbocycles. The average molecular weight is 206 g/mol. The molecule has 1 amide bonds. The molecule has 0 unspecified atom stereocenters. The van der Waals surface area contributed by atoms with Gasteiger partial charge in [0.1, 0.15) is 0 Å². The third-order valence-corrected chi connectivity index (χ3v) is 3.08. The van der Waals surface area contributed by atoms with E-state index < -0.39 is 0 Å². The first-order valence-corrected chi connectivity index (χ1v) is 5.51. The summed E-state index contributed by atoms with van der Waals surface area (Å²) >= 11 is 0. The monoisotopic (exact) mass is 206 g/mol. The molecule has 0 saturated carbocycles. The van der Waals surface area contributed by atoms with Crippen LogP contribution in [0.2, 0.25) is 0 Å². The summed E-state index contributed by atoms with van der Waals surface area (Å²) in [7, 11) is 2.07. The number of carbonyl (C=O) groups excluding carboxylic acids is 1. The largest absolute Gasteiger partial charge is 0.354 e. The molecule has 2 rings (SSSR count). The molecule has 0 atom stereocenters. The van der Waals surface area contributed by atoms with Gasteiger partial charge in [-0.05, 0) is 11.6 Å². The van der Waals surface area contributed by atoms with Gasteiger partial charge in [-0.3, -0.25) is 4.79 Å². The summed E-state index contributed by atoms with van der Waals surface area (Å²) in [5.74, 6) is 0.375. The fourth-order valence-electron chi connectivity index (χ4n) is 2.17. The Labute approximate surface area is 90.7 Å². The Hall–Kier alpha value is -1.25. The van der Waals surface area contributed by atoms with Gasteiger partial charge in [-0.15, -0.1) is 0 Å². The van der Waals surface area contributed by atoms with Crippen molar-refractivity contribution in [1.29, 1.82) is 0 Å². The zero-order chi connectivity index (χ0) is 11.0. The number of fused-ring (bicyclic) bond motifs is 1. The topological polar surface area (TPSA) is 25.2 Å². The van der Waals surface area contributed by atoms with Crippen molar-refractivity contribution >= 4 is 5.91 Å². The van der Waals surface area contributed by atoms with Crippen LogP contribution in [0.3, 0.4) is 0 Å². The van der Waals surface area contributed by atoms with Gasteiger partial charge in [0, 0.05) is 44.4 Å². The van der Waals surface area contributed by atoms with Gasteiger partial charge in [0.2, 0.25) is 5.91 Å². The highest BCUT2D eigenvalue weighted by molar-refractivity contribution is 5.78. The van der Waals surface area contributed by atoms with E-state index in [1.165, 1.54) is 11.3 Å². The molecular formula is C12H18N2O. The van der Waals surface area contributed by atoms with Crippen molar-refractivity contribution < 1.29 is 4.79 Å². The third-order valence-electron chi connectivity index (χ3n) is 3.08. The van der Waals surface area contributed by atoms with Crippen molar-refractivity contribution in [2.24, 2.45) is 13.0 Å². The van der Waals surface area contributed by atoms with E-state index in [1.54, 1.807) is 0 Å². The SMILES string of the molecule is CC(C)C(=O)N1CCc2c(ccn2C)C1. The molecule has 0 saturated heterocycles. The summed E-state index contributed by atoms with van der Waals surface area (Å²) in [6, 6.07) is 2.12. The fourth-order valence-corrected chi connectivity index (χ4v) is 2.17. The molecule has 1 aliphatic heterocycles.